The van der Waals surface area contributed by atoms with Crippen molar-refractivity contribution in [2.45, 2.75) is 18.3 Å². The van der Waals surface area contributed by atoms with Gasteiger partial charge in [-0.3, -0.25) is 4.79 Å². The van der Waals surface area contributed by atoms with Crippen LogP contribution in [0.2, 0.25) is 0 Å². The molecule has 1 saturated heterocycles. The molecule has 0 amide bonds. The fourth-order valence-electron chi connectivity index (χ4n) is 7.98. The van der Waals surface area contributed by atoms with Crippen molar-refractivity contribution in [2.24, 2.45) is 40.9 Å². The van der Waals surface area contributed by atoms with Gasteiger partial charge in [-0.1, -0.05) is 0 Å². The van der Waals surface area contributed by atoms with Crippen molar-refractivity contribution in [1.29, 1.82) is 0 Å². The maximum atomic E-state index is 12.1. The predicted octanol–water partition coefficient (Wildman–Crippen LogP) is 0.832. The monoisotopic (exact) mass is 299 g/mol. The third-order valence-corrected chi connectivity index (χ3v) is 8.34. The molecule has 7 fully saturated rings. The molecule has 22 heavy (non-hydrogen) atoms. The van der Waals surface area contributed by atoms with Crippen LogP contribution in [0.1, 0.15) is 18.7 Å². The van der Waals surface area contributed by atoms with Crippen LogP contribution >= 0.6 is 0 Å². The van der Waals surface area contributed by atoms with Gasteiger partial charge >= 0.3 is 5.97 Å². The molecule has 6 nitrogen and oxygen atoms in total. The highest BCUT2D eigenvalue weighted by molar-refractivity contribution is 5.89. The number of aromatic nitrogens is 2. The predicted molar refractivity (Wildman–Crippen MR) is 72.8 cm³/mol. The Morgan fingerprint density at radius 2 is 1.82 bits per heavy atom. The largest absolute Gasteiger partial charge is 0.469 e. The van der Waals surface area contributed by atoms with Crippen LogP contribution in [-0.4, -0.2) is 36.3 Å². The number of hydrogen-bond acceptors (Lipinski definition) is 6. The molecule has 0 N–H and O–H groups in total. The van der Waals surface area contributed by atoms with Gasteiger partial charge in [0.25, 0.3) is 5.95 Å². The van der Waals surface area contributed by atoms with E-state index in [1.54, 1.807) is 0 Å². The van der Waals surface area contributed by atoms with Crippen molar-refractivity contribution in [1.82, 2.24) is 10.1 Å². The summed E-state index contributed by atoms with van der Waals surface area (Å²) in [5, 5.41) is 4.23. The molecule has 0 aromatic carbocycles. The third kappa shape index (κ3) is 0.653. The normalized spacial score (nSPS) is 57.0. The second kappa shape index (κ2) is 2.81. The molecule has 1 aromatic rings. The Labute approximate surface area is 127 Å². The first-order valence-electron chi connectivity index (χ1n) is 8.46. The van der Waals surface area contributed by atoms with Gasteiger partial charge < -0.3 is 14.2 Å². The smallest absolute Gasteiger partial charge is 0.312 e. The highest BCUT2D eigenvalue weighted by atomic mass is 16.5. The number of nitrogens with zero attached hydrogens (tertiary/aromatic N) is 3. The summed E-state index contributed by atoms with van der Waals surface area (Å²) < 4.78 is 10.8. The van der Waals surface area contributed by atoms with E-state index in [0.29, 0.717) is 35.5 Å². The standard InChI is InChI=1S/C16H17N3O3/c1-21-13(20)16-9-6-10(16)8-11(16)7(9)15(6,8)12-17-14(18-22-12)19-4-2-3-5-19/h6-11H,2-5H2,1H3. The SMILES string of the molecule is COC(=O)C12C3C4C1C1C2C3C41c1nc(N2CCCC2)no1. The zero-order valence-electron chi connectivity index (χ0n) is 12.4. The third-order valence-electron chi connectivity index (χ3n) is 8.34. The van der Waals surface area contributed by atoms with Gasteiger partial charge in [0.15, 0.2) is 0 Å². The first-order chi connectivity index (χ1) is 10.8. The fourth-order valence-corrected chi connectivity index (χ4v) is 7.98. The van der Waals surface area contributed by atoms with Crippen LogP contribution in [0.3, 0.4) is 0 Å². The Kier molecular flexibility index (Phi) is 1.41. The molecule has 1 aromatic heterocycles. The fraction of sp³-hybridized carbons (Fsp3) is 0.812. The number of carbonyl (C=O) groups is 1. The number of esters is 1. The maximum absolute atomic E-state index is 12.1. The van der Waals surface area contributed by atoms with Crippen LogP contribution in [-0.2, 0) is 14.9 Å². The number of anilines is 1. The Bertz CT molecular complexity index is 696. The number of ether oxygens (including phenoxy) is 1. The average molecular weight is 299 g/mol. The molecule has 1 aliphatic heterocycles. The second-order valence-corrected chi connectivity index (χ2v) is 8.11. The van der Waals surface area contributed by atoms with Crippen LogP contribution < -0.4 is 4.90 Å². The molecule has 2 heterocycles. The average Bonchev–Trinajstić information content (AvgIpc) is 3.24. The molecule has 0 spiro atoms. The maximum Gasteiger partial charge on any atom is 0.312 e. The number of carbonyl (C=O) groups excluding carboxylic acids is 1. The Balaban J connectivity index is 1.23. The van der Waals surface area contributed by atoms with E-state index in [-0.39, 0.29) is 16.8 Å². The summed E-state index contributed by atoms with van der Waals surface area (Å²) in [5.74, 6) is 5.25. The highest BCUT2D eigenvalue weighted by Crippen LogP contribution is 3.09. The minimum absolute atomic E-state index is 0.0489. The van der Waals surface area contributed by atoms with Gasteiger partial charge in [-0.25, -0.2) is 0 Å². The van der Waals surface area contributed by atoms with Crippen molar-refractivity contribution < 1.29 is 14.1 Å². The van der Waals surface area contributed by atoms with E-state index in [2.05, 4.69) is 10.1 Å². The molecule has 114 valence electrons. The Morgan fingerprint density at radius 3 is 2.41 bits per heavy atom. The van der Waals surface area contributed by atoms with Gasteiger partial charge in [0.2, 0.25) is 5.89 Å². The van der Waals surface area contributed by atoms with E-state index < -0.39 is 0 Å². The Morgan fingerprint density at radius 1 is 1.18 bits per heavy atom. The summed E-state index contributed by atoms with van der Waals surface area (Å²) in [6.07, 6.45) is 2.44. The van der Waals surface area contributed by atoms with E-state index in [1.807, 2.05) is 0 Å². The first-order valence-corrected chi connectivity index (χ1v) is 8.46. The lowest BCUT2D eigenvalue weighted by Gasteiger charge is -3.09. The van der Waals surface area contributed by atoms with Gasteiger partial charge in [-0.2, -0.15) is 4.98 Å². The van der Waals surface area contributed by atoms with E-state index in [1.165, 1.54) is 20.0 Å². The van der Waals surface area contributed by atoms with Crippen molar-refractivity contribution in [3.63, 3.8) is 0 Å². The lowest BCUT2D eigenvalue weighted by atomic mass is 8.92. The highest BCUT2D eigenvalue weighted by Gasteiger charge is 3.13. The molecule has 8 rings (SSSR count). The summed E-state index contributed by atoms with van der Waals surface area (Å²) in [4.78, 5) is 19.1. The van der Waals surface area contributed by atoms with Gasteiger partial charge in [-0.05, 0) is 53.5 Å². The molecule has 0 bridgehead atoms. The van der Waals surface area contributed by atoms with Crippen molar-refractivity contribution in [2.75, 3.05) is 25.1 Å². The van der Waals surface area contributed by atoms with Crippen molar-refractivity contribution >= 4 is 11.9 Å². The van der Waals surface area contributed by atoms with Crippen molar-refractivity contribution in [3.05, 3.63) is 5.89 Å². The second-order valence-electron chi connectivity index (χ2n) is 8.11. The van der Waals surface area contributed by atoms with Crippen LogP contribution in [0.4, 0.5) is 5.95 Å². The summed E-state index contributed by atoms with van der Waals surface area (Å²) in [5.41, 5.74) is 0.0923. The minimum Gasteiger partial charge on any atom is -0.469 e. The van der Waals surface area contributed by atoms with Crippen LogP contribution in [0.15, 0.2) is 4.52 Å². The van der Waals surface area contributed by atoms with E-state index in [0.717, 1.165) is 24.9 Å². The van der Waals surface area contributed by atoms with Crippen molar-refractivity contribution in [3.8, 4) is 0 Å². The zero-order chi connectivity index (χ0) is 14.4. The number of methoxy groups -OCH3 is 1. The lowest BCUT2D eigenvalue weighted by Crippen LogP contribution is -3.12. The summed E-state index contributed by atoms with van der Waals surface area (Å²) in [6.45, 7) is 2.09. The number of rotatable bonds is 3. The summed E-state index contributed by atoms with van der Waals surface area (Å²) in [6, 6.07) is 0. The number of hydrogen-bond donors (Lipinski definition) is 0. The summed E-state index contributed by atoms with van der Waals surface area (Å²) in [7, 11) is 1.53. The van der Waals surface area contributed by atoms with Crippen LogP contribution in [0.5, 0.6) is 0 Å². The molecule has 6 heteroatoms. The quantitative estimate of drug-likeness (QED) is 0.770. The minimum atomic E-state index is -0.0751. The van der Waals surface area contributed by atoms with Gasteiger partial charge in [0.1, 0.15) is 0 Å². The van der Waals surface area contributed by atoms with Crippen LogP contribution in [0.25, 0.3) is 0 Å². The van der Waals surface area contributed by atoms with Gasteiger partial charge in [-0.15, -0.1) is 0 Å². The molecule has 6 aliphatic carbocycles. The van der Waals surface area contributed by atoms with E-state index in [4.69, 9.17) is 14.2 Å². The van der Waals surface area contributed by atoms with Gasteiger partial charge in [0.05, 0.1) is 17.9 Å². The topological polar surface area (TPSA) is 68.5 Å². The van der Waals surface area contributed by atoms with Crippen LogP contribution in [0, 0.1) is 40.9 Å². The van der Waals surface area contributed by atoms with E-state index in [9.17, 15) is 4.79 Å². The molecular weight excluding hydrogens is 282 g/mol. The first kappa shape index (κ1) is 11.0. The molecule has 0 atom stereocenters. The molecule has 6 saturated carbocycles. The molecule has 0 radical (unpaired) electrons. The lowest BCUT2D eigenvalue weighted by molar-refractivity contribution is -0.616. The summed E-state index contributed by atoms with van der Waals surface area (Å²) >= 11 is 0. The molecule has 7 aliphatic rings. The zero-order valence-corrected chi connectivity index (χ0v) is 12.4. The Hall–Kier alpha value is -1.59. The molecular formula is C16H17N3O3. The van der Waals surface area contributed by atoms with Gasteiger partial charge in [0, 0.05) is 13.1 Å². The molecule has 0 unspecified atom stereocenters. The van der Waals surface area contributed by atoms with E-state index >= 15 is 0 Å².